The Labute approximate surface area is 103 Å². The van der Waals surface area contributed by atoms with E-state index in [0.717, 1.165) is 25.7 Å². The fraction of sp³-hybridized carbons (Fsp3) is 0.636. The van der Waals surface area contributed by atoms with Crippen LogP contribution in [0.3, 0.4) is 0 Å². The maximum Gasteiger partial charge on any atom is 0.184 e. The number of nitrogens with two attached hydrogens (primary N) is 1. The zero-order valence-corrected chi connectivity index (χ0v) is 9.96. The minimum atomic E-state index is -0.264. The topological polar surface area (TPSA) is 82.5 Å². The van der Waals surface area contributed by atoms with Gasteiger partial charge in [-0.2, -0.15) is 0 Å². The highest BCUT2D eigenvalue weighted by Gasteiger charge is 2.26. The highest BCUT2D eigenvalue weighted by Crippen LogP contribution is 2.33. The standard InChI is InChI=1S/C11H15FN6/c12-5-7-2-1-3-8(4-7)18-11-9(16-17-18)10(13)14-6-15-11/h6-8H,1-5H2,(H2,13,14,15). The first-order valence-corrected chi connectivity index (χ1v) is 6.17. The van der Waals surface area contributed by atoms with E-state index in [4.69, 9.17) is 5.73 Å². The van der Waals surface area contributed by atoms with Crippen LogP contribution >= 0.6 is 0 Å². The molecule has 2 aromatic rings. The number of alkyl halides is 1. The third-order valence-electron chi connectivity index (χ3n) is 3.61. The van der Waals surface area contributed by atoms with Crippen molar-refractivity contribution in [2.75, 3.05) is 12.4 Å². The summed E-state index contributed by atoms with van der Waals surface area (Å²) in [5.74, 6) is 0.464. The molecule has 18 heavy (non-hydrogen) atoms. The van der Waals surface area contributed by atoms with Gasteiger partial charge in [-0.25, -0.2) is 14.6 Å². The largest absolute Gasteiger partial charge is 0.382 e. The van der Waals surface area contributed by atoms with Gasteiger partial charge in [-0.1, -0.05) is 11.6 Å². The van der Waals surface area contributed by atoms with Crippen molar-refractivity contribution in [2.24, 2.45) is 5.92 Å². The lowest BCUT2D eigenvalue weighted by atomic mass is 9.86. The van der Waals surface area contributed by atoms with Crippen LogP contribution in [0.25, 0.3) is 11.2 Å². The van der Waals surface area contributed by atoms with Gasteiger partial charge in [-0.3, -0.25) is 4.39 Å². The lowest BCUT2D eigenvalue weighted by Crippen LogP contribution is -2.21. The zero-order valence-electron chi connectivity index (χ0n) is 9.96. The highest BCUT2D eigenvalue weighted by molar-refractivity contribution is 5.80. The number of halogens is 1. The molecule has 2 aromatic heterocycles. The molecule has 2 heterocycles. The van der Waals surface area contributed by atoms with Gasteiger partial charge in [0.2, 0.25) is 0 Å². The van der Waals surface area contributed by atoms with Gasteiger partial charge in [0.15, 0.2) is 17.0 Å². The van der Waals surface area contributed by atoms with Gasteiger partial charge in [-0.15, -0.1) is 5.10 Å². The monoisotopic (exact) mass is 250 g/mol. The SMILES string of the molecule is Nc1ncnc2c1nnn2C1CCCC(CF)C1. The van der Waals surface area contributed by atoms with Crippen molar-refractivity contribution in [3.63, 3.8) is 0 Å². The second-order valence-corrected chi connectivity index (χ2v) is 4.81. The van der Waals surface area contributed by atoms with Gasteiger partial charge in [-0.05, 0) is 25.2 Å². The minimum Gasteiger partial charge on any atom is -0.382 e. The molecule has 3 rings (SSSR count). The smallest absolute Gasteiger partial charge is 0.184 e. The van der Waals surface area contributed by atoms with Gasteiger partial charge < -0.3 is 5.73 Å². The fourth-order valence-electron chi connectivity index (χ4n) is 2.65. The summed E-state index contributed by atoms with van der Waals surface area (Å²) in [5, 5.41) is 8.12. The van der Waals surface area contributed by atoms with E-state index in [9.17, 15) is 4.39 Å². The van der Waals surface area contributed by atoms with Gasteiger partial charge >= 0.3 is 0 Å². The molecule has 0 amide bonds. The lowest BCUT2D eigenvalue weighted by Gasteiger charge is -2.27. The van der Waals surface area contributed by atoms with Crippen LogP contribution in [-0.4, -0.2) is 31.6 Å². The summed E-state index contributed by atoms with van der Waals surface area (Å²) in [6.45, 7) is -0.264. The molecule has 7 heteroatoms. The van der Waals surface area contributed by atoms with E-state index in [2.05, 4.69) is 20.3 Å². The van der Waals surface area contributed by atoms with Crippen LogP contribution in [0.1, 0.15) is 31.7 Å². The van der Waals surface area contributed by atoms with Crippen molar-refractivity contribution in [1.29, 1.82) is 0 Å². The van der Waals surface area contributed by atoms with Crippen LogP contribution in [0, 0.1) is 5.92 Å². The van der Waals surface area contributed by atoms with Crippen LogP contribution in [0.2, 0.25) is 0 Å². The van der Waals surface area contributed by atoms with Gasteiger partial charge in [0.05, 0.1) is 12.7 Å². The summed E-state index contributed by atoms with van der Waals surface area (Å²) in [5.41, 5.74) is 6.90. The Morgan fingerprint density at radius 2 is 2.28 bits per heavy atom. The summed E-state index contributed by atoms with van der Waals surface area (Å²) in [6, 6.07) is 0.166. The molecule has 6 nitrogen and oxygen atoms in total. The first-order chi connectivity index (χ1) is 8.79. The van der Waals surface area contributed by atoms with Gasteiger partial charge in [0.1, 0.15) is 6.33 Å². The van der Waals surface area contributed by atoms with Crippen LogP contribution in [0.5, 0.6) is 0 Å². The van der Waals surface area contributed by atoms with Crippen molar-refractivity contribution in [2.45, 2.75) is 31.7 Å². The predicted octanol–water partition coefficient (Wildman–Crippen LogP) is 1.50. The molecule has 0 spiro atoms. The number of rotatable bonds is 2. The third kappa shape index (κ3) is 1.79. The van der Waals surface area contributed by atoms with Crippen molar-refractivity contribution >= 4 is 17.0 Å². The van der Waals surface area contributed by atoms with Crippen molar-refractivity contribution in [3.8, 4) is 0 Å². The maximum absolute atomic E-state index is 12.8. The summed E-state index contributed by atoms with van der Waals surface area (Å²) < 4.78 is 14.6. The average Bonchev–Trinajstić information content (AvgIpc) is 2.84. The van der Waals surface area contributed by atoms with E-state index in [-0.39, 0.29) is 18.6 Å². The second-order valence-electron chi connectivity index (χ2n) is 4.81. The van der Waals surface area contributed by atoms with E-state index >= 15 is 0 Å². The summed E-state index contributed by atoms with van der Waals surface area (Å²) in [6.07, 6.45) is 5.16. The van der Waals surface area contributed by atoms with Crippen LogP contribution in [0.15, 0.2) is 6.33 Å². The molecule has 1 saturated carbocycles. The van der Waals surface area contributed by atoms with E-state index in [1.807, 2.05) is 0 Å². The quantitative estimate of drug-likeness (QED) is 0.873. The van der Waals surface area contributed by atoms with Crippen LogP contribution in [0.4, 0.5) is 10.2 Å². The number of anilines is 1. The first kappa shape index (κ1) is 11.3. The number of aromatic nitrogens is 5. The van der Waals surface area contributed by atoms with E-state index in [1.165, 1.54) is 6.33 Å². The predicted molar refractivity (Wildman–Crippen MR) is 64.5 cm³/mol. The Balaban J connectivity index is 1.96. The molecule has 2 unspecified atom stereocenters. The summed E-state index contributed by atoms with van der Waals surface area (Å²) in [4.78, 5) is 8.07. The number of hydrogen-bond donors (Lipinski definition) is 1. The molecular weight excluding hydrogens is 235 g/mol. The highest BCUT2D eigenvalue weighted by atomic mass is 19.1. The molecule has 2 N–H and O–H groups in total. The zero-order chi connectivity index (χ0) is 12.5. The average molecular weight is 250 g/mol. The van der Waals surface area contributed by atoms with Crippen molar-refractivity contribution < 1.29 is 4.39 Å². The minimum absolute atomic E-state index is 0.127. The number of fused-ring (bicyclic) bond motifs is 1. The Bertz CT molecular complexity index is 553. The number of hydrogen-bond acceptors (Lipinski definition) is 5. The molecule has 1 aliphatic carbocycles. The molecule has 1 aliphatic rings. The molecule has 0 bridgehead atoms. The van der Waals surface area contributed by atoms with Crippen molar-refractivity contribution in [1.82, 2.24) is 25.0 Å². The Kier molecular flexibility index (Phi) is 2.81. The third-order valence-corrected chi connectivity index (χ3v) is 3.61. The van der Waals surface area contributed by atoms with Crippen LogP contribution < -0.4 is 5.73 Å². The maximum atomic E-state index is 12.8. The normalized spacial score (nSPS) is 24.5. The Hall–Kier alpha value is -1.79. The van der Waals surface area contributed by atoms with Gasteiger partial charge in [0, 0.05) is 0 Å². The molecular formula is C11H15FN6. The molecule has 1 fully saturated rings. The van der Waals surface area contributed by atoms with E-state index in [0.29, 0.717) is 17.0 Å². The van der Waals surface area contributed by atoms with Crippen LogP contribution in [-0.2, 0) is 0 Å². The Morgan fingerprint density at radius 1 is 1.39 bits per heavy atom. The molecule has 96 valence electrons. The summed E-state index contributed by atoms with van der Waals surface area (Å²) >= 11 is 0. The Morgan fingerprint density at radius 3 is 3.11 bits per heavy atom. The number of nitrogens with zero attached hydrogens (tertiary/aromatic N) is 5. The molecule has 0 aliphatic heterocycles. The molecule has 0 radical (unpaired) electrons. The number of nitrogen functional groups attached to an aromatic ring is 1. The lowest BCUT2D eigenvalue weighted by molar-refractivity contribution is 0.216. The molecule has 0 aromatic carbocycles. The molecule has 2 atom stereocenters. The van der Waals surface area contributed by atoms with E-state index in [1.54, 1.807) is 4.68 Å². The van der Waals surface area contributed by atoms with Gasteiger partial charge in [0.25, 0.3) is 0 Å². The van der Waals surface area contributed by atoms with Crippen molar-refractivity contribution in [3.05, 3.63) is 6.33 Å². The molecule has 0 saturated heterocycles. The first-order valence-electron chi connectivity index (χ1n) is 6.17. The van der Waals surface area contributed by atoms with E-state index < -0.39 is 0 Å². The second kappa shape index (κ2) is 4.47. The fourth-order valence-corrected chi connectivity index (χ4v) is 2.65. The summed E-state index contributed by atoms with van der Waals surface area (Å²) in [7, 11) is 0.